The lowest BCUT2D eigenvalue weighted by Crippen LogP contribution is -2.40. The van der Waals surface area contributed by atoms with Crippen molar-refractivity contribution < 1.29 is 0 Å². The summed E-state index contributed by atoms with van der Waals surface area (Å²) in [6.45, 7) is 0. The molecule has 1 aromatic carbocycles. The fourth-order valence-corrected chi connectivity index (χ4v) is 2.92. The number of hydrogen-bond donors (Lipinski definition) is 0. The lowest BCUT2D eigenvalue weighted by atomic mass is 9.94. The van der Waals surface area contributed by atoms with Crippen LogP contribution in [0.1, 0.15) is 11.1 Å². The van der Waals surface area contributed by atoms with E-state index in [2.05, 4.69) is 4.99 Å². The molecule has 0 fully saturated rings. The summed E-state index contributed by atoms with van der Waals surface area (Å²) in [5.41, 5.74) is 2.61. The second-order valence-electron chi connectivity index (χ2n) is 6.13. The van der Waals surface area contributed by atoms with Crippen molar-refractivity contribution >= 4 is 11.5 Å². The molecule has 0 amide bonds. The van der Waals surface area contributed by atoms with E-state index < -0.39 is 0 Å². The molecule has 0 unspecified atom stereocenters. The summed E-state index contributed by atoms with van der Waals surface area (Å²) >= 11 is 0. The van der Waals surface area contributed by atoms with Gasteiger partial charge in [-0.05, 0) is 5.57 Å². The number of aliphatic imine (C=N–C) groups is 1. The SMILES string of the molecule is CN(C)/C=C1/Cc2c(n(C)c(=O)n(C)c2=O)N=C1c1ccccc1. The minimum atomic E-state index is -0.366. The molecule has 0 spiro atoms. The summed E-state index contributed by atoms with van der Waals surface area (Å²) in [4.78, 5) is 31.3. The van der Waals surface area contributed by atoms with Crippen LogP contribution in [-0.2, 0) is 20.5 Å². The lowest BCUT2D eigenvalue weighted by Gasteiger charge is -2.22. The highest BCUT2D eigenvalue weighted by molar-refractivity contribution is 6.14. The van der Waals surface area contributed by atoms with E-state index in [4.69, 9.17) is 0 Å². The first kappa shape index (κ1) is 16.0. The van der Waals surface area contributed by atoms with Gasteiger partial charge in [-0.3, -0.25) is 13.9 Å². The Kier molecular flexibility index (Phi) is 3.97. The summed E-state index contributed by atoms with van der Waals surface area (Å²) in [6.07, 6.45) is 2.42. The Bertz CT molecular complexity index is 963. The first-order valence-electron chi connectivity index (χ1n) is 7.70. The molecule has 0 saturated heterocycles. The first-order valence-corrected chi connectivity index (χ1v) is 7.70. The zero-order valence-corrected chi connectivity index (χ0v) is 14.3. The molecule has 0 bridgehead atoms. The van der Waals surface area contributed by atoms with Gasteiger partial charge in [0.25, 0.3) is 5.56 Å². The Morgan fingerprint density at radius 1 is 1.08 bits per heavy atom. The molecule has 0 atom stereocenters. The Morgan fingerprint density at radius 2 is 1.75 bits per heavy atom. The average Bonchev–Trinajstić information content (AvgIpc) is 2.58. The van der Waals surface area contributed by atoms with Gasteiger partial charge in [-0.25, -0.2) is 9.79 Å². The highest BCUT2D eigenvalue weighted by atomic mass is 16.2. The van der Waals surface area contributed by atoms with E-state index in [0.29, 0.717) is 17.8 Å². The fraction of sp³-hybridized carbons (Fsp3) is 0.278. The predicted molar refractivity (Wildman–Crippen MR) is 95.0 cm³/mol. The summed E-state index contributed by atoms with van der Waals surface area (Å²) in [5, 5.41) is 0. The molecule has 6 nitrogen and oxygen atoms in total. The smallest absolute Gasteiger partial charge is 0.332 e. The highest BCUT2D eigenvalue weighted by Gasteiger charge is 2.24. The van der Waals surface area contributed by atoms with Gasteiger partial charge >= 0.3 is 5.69 Å². The van der Waals surface area contributed by atoms with Crippen LogP contribution >= 0.6 is 0 Å². The van der Waals surface area contributed by atoms with Gasteiger partial charge in [-0.1, -0.05) is 30.3 Å². The van der Waals surface area contributed by atoms with Crippen molar-refractivity contribution in [3.05, 3.63) is 74.1 Å². The Morgan fingerprint density at radius 3 is 2.38 bits per heavy atom. The van der Waals surface area contributed by atoms with Crippen molar-refractivity contribution in [3.63, 3.8) is 0 Å². The van der Waals surface area contributed by atoms with Gasteiger partial charge in [0.2, 0.25) is 0 Å². The largest absolute Gasteiger partial charge is 0.383 e. The van der Waals surface area contributed by atoms with Crippen molar-refractivity contribution in [2.75, 3.05) is 14.1 Å². The van der Waals surface area contributed by atoms with Crippen LogP contribution in [0.5, 0.6) is 0 Å². The predicted octanol–water partition coefficient (Wildman–Crippen LogP) is 1.21. The second-order valence-corrected chi connectivity index (χ2v) is 6.13. The third-order valence-electron chi connectivity index (χ3n) is 4.07. The van der Waals surface area contributed by atoms with Gasteiger partial charge in [-0.15, -0.1) is 0 Å². The maximum atomic E-state index is 12.5. The summed E-state index contributed by atoms with van der Waals surface area (Å²) in [7, 11) is 7.01. The summed E-state index contributed by atoms with van der Waals surface area (Å²) < 4.78 is 2.57. The molecular weight excluding hydrogens is 304 g/mol. The van der Waals surface area contributed by atoms with Crippen LogP contribution in [0.2, 0.25) is 0 Å². The van der Waals surface area contributed by atoms with Gasteiger partial charge < -0.3 is 4.90 Å². The zero-order chi connectivity index (χ0) is 17.4. The molecule has 1 aliphatic heterocycles. The van der Waals surface area contributed by atoms with E-state index in [0.717, 1.165) is 21.4 Å². The molecule has 1 aromatic heterocycles. The van der Waals surface area contributed by atoms with Crippen LogP contribution < -0.4 is 11.2 Å². The molecule has 24 heavy (non-hydrogen) atoms. The van der Waals surface area contributed by atoms with Crippen LogP contribution in [0.15, 0.2) is 56.7 Å². The van der Waals surface area contributed by atoms with Crippen LogP contribution in [-0.4, -0.2) is 33.8 Å². The normalized spacial score (nSPS) is 15.2. The molecule has 6 heteroatoms. The van der Waals surface area contributed by atoms with E-state index in [1.807, 2.05) is 55.5 Å². The maximum absolute atomic E-state index is 12.5. The number of benzene rings is 1. The Labute approximate surface area is 140 Å². The molecule has 0 N–H and O–H groups in total. The molecule has 0 radical (unpaired) electrons. The molecule has 0 saturated carbocycles. The minimum Gasteiger partial charge on any atom is -0.383 e. The fourth-order valence-electron chi connectivity index (χ4n) is 2.92. The van der Waals surface area contributed by atoms with Crippen LogP contribution in [0.3, 0.4) is 0 Å². The van der Waals surface area contributed by atoms with Crippen molar-refractivity contribution in [3.8, 4) is 0 Å². The van der Waals surface area contributed by atoms with Gasteiger partial charge in [-0.2, -0.15) is 0 Å². The van der Waals surface area contributed by atoms with E-state index in [1.165, 1.54) is 11.6 Å². The molecule has 2 heterocycles. The number of fused-ring (bicyclic) bond motifs is 1. The van der Waals surface area contributed by atoms with Crippen LogP contribution in [0.25, 0.3) is 0 Å². The van der Waals surface area contributed by atoms with Gasteiger partial charge in [0.1, 0.15) is 5.82 Å². The van der Waals surface area contributed by atoms with Crippen molar-refractivity contribution in [1.82, 2.24) is 14.0 Å². The monoisotopic (exact) mass is 324 g/mol. The van der Waals surface area contributed by atoms with Gasteiger partial charge in [0.15, 0.2) is 0 Å². The molecule has 0 aliphatic carbocycles. The Hall–Kier alpha value is -2.89. The van der Waals surface area contributed by atoms with Crippen molar-refractivity contribution in [2.45, 2.75) is 6.42 Å². The van der Waals surface area contributed by atoms with Gasteiger partial charge in [0, 0.05) is 46.4 Å². The van der Waals surface area contributed by atoms with Crippen molar-refractivity contribution in [2.24, 2.45) is 19.1 Å². The molecular formula is C18H20N4O2. The van der Waals surface area contributed by atoms with Gasteiger partial charge in [0.05, 0.1) is 11.3 Å². The highest BCUT2D eigenvalue weighted by Crippen LogP contribution is 2.27. The molecule has 3 rings (SSSR count). The third kappa shape index (κ3) is 2.60. The first-order chi connectivity index (χ1) is 11.4. The number of nitrogens with zero attached hydrogens (tertiary/aromatic N) is 4. The van der Waals surface area contributed by atoms with E-state index in [-0.39, 0.29) is 11.2 Å². The van der Waals surface area contributed by atoms with Crippen molar-refractivity contribution in [1.29, 1.82) is 0 Å². The average molecular weight is 324 g/mol. The topological polar surface area (TPSA) is 59.6 Å². The summed E-state index contributed by atoms with van der Waals surface area (Å²) in [6, 6.07) is 9.80. The van der Waals surface area contributed by atoms with Crippen LogP contribution in [0.4, 0.5) is 5.82 Å². The lowest BCUT2D eigenvalue weighted by molar-refractivity contribution is 0.558. The maximum Gasteiger partial charge on any atom is 0.332 e. The zero-order valence-electron chi connectivity index (χ0n) is 14.3. The molecule has 2 aromatic rings. The second kappa shape index (κ2) is 5.96. The summed E-state index contributed by atoms with van der Waals surface area (Å²) in [5.74, 6) is 0.442. The molecule has 1 aliphatic rings. The quantitative estimate of drug-likeness (QED) is 0.834. The number of hydrogen-bond acceptors (Lipinski definition) is 4. The van der Waals surface area contributed by atoms with E-state index >= 15 is 0 Å². The third-order valence-corrected chi connectivity index (χ3v) is 4.07. The minimum absolute atomic E-state index is 0.284. The standard InChI is InChI=1S/C18H20N4O2/c1-20(2)11-13-10-14-16(21(3)18(24)22(4)17(14)23)19-15(13)12-8-6-5-7-9-12/h5-9,11H,10H2,1-4H3/b13-11-. The van der Waals surface area contributed by atoms with Crippen LogP contribution in [0, 0.1) is 0 Å². The number of allylic oxidation sites excluding steroid dienone is 1. The molecule has 124 valence electrons. The van der Waals surface area contributed by atoms with E-state index in [9.17, 15) is 9.59 Å². The number of aromatic nitrogens is 2. The van der Waals surface area contributed by atoms with E-state index in [1.54, 1.807) is 7.05 Å². The number of rotatable bonds is 2. The Balaban J connectivity index is 2.33.